The first-order valence-electron chi connectivity index (χ1n) is 6.21. The molecule has 1 aromatic carbocycles. The van der Waals surface area contributed by atoms with E-state index in [9.17, 15) is 0 Å². The van der Waals surface area contributed by atoms with Gasteiger partial charge in [-0.1, -0.05) is 0 Å². The predicted octanol–water partition coefficient (Wildman–Crippen LogP) is 2.49. The van der Waals surface area contributed by atoms with E-state index in [0.29, 0.717) is 17.1 Å². The van der Waals surface area contributed by atoms with E-state index in [1.807, 2.05) is 10.6 Å². The highest BCUT2D eigenvalue weighted by Gasteiger charge is 2.12. The van der Waals surface area contributed by atoms with Gasteiger partial charge in [-0.05, 0) is 43.2 Å². The van der Waals surface area contributed by atoms with Crippen molar-refractivity contribution in [3.05, 3.63) is 47.4 Å². The average Bonchev–Trinajstić information content (AvgIpc) is 2.82. The Morgan fingerprint density at radius 1 is 1.20 bits per heavy atom. The van der Waals surface area contributed by atoms with Gasteiger partial charge in [-0.25, -0.2) is 9.97 Å². The minimum absolute atomic E-state index is 0.368. The van der Waals surface area contributed by atoms with Crippen molar-refractivity contribution < 1.29 is 0 Å². The zero-order valence-electron chi connectivity index (χ0n) is 11.3. The lowest BCUT2D eigenvalue weighted by molar-refractivity contribution is 1.02. The lowest BCUT2D eigenvalue weighted by atomic mass is 10.1. The molecule has 0 aliphatic carbocycles. The van der Waals surface area contributed by atoms with Gasteiger partial charge < -0.3 is 5.73 Å². The van der Waals surface area contributed by atoms with Gasteiger partial charge in [0.2, 0.25) is 0 Å². The number of aryl methyl sites for hydroxylation is 2. The molecule has 5 nitrogen and oxygen atoms in total. The third-order valence-corrected chi connectivity index (χ3v) is 3.48. The van der Waals surface area contributed by atoms with Gasteiger partial charge in [-0.2, -0.15) is 5.26 Å². The molecule has 0 aliphatic heterocycles. The molecule has 0 saturated heterocycles. The van der Waals surface area contributed by atoms with Crippen LogP contribution in [0.25, 0.3) is 16.9 Å². The molecule has 5 heteroatoms. The van der Waals surface area contributed by atoms with Gasteiger partial charge in [-0.3, -0.25) is 4.57 Å². The van der Waals surface area contributed by atoms with Gasteiger partial charge in [-0.15, -0.1) is 0 Å². The van der Waals surface area contributed by atoms with Crippen LogP contribution in [0.2, 0.25) is 0 Å². The van der Waals surface area contributed by atoms with E-state index < -0.39 is 0 Å². The molecule has 0 amide bonds. The van der Waals surface area contributed by atoms with Crippen molar-refractivity contribution in [3.63, 3.8) is 0 Å². The lowest BCUT2D eigenvalue weighted by Gasteiger charge is -2.08. The van der Waals surface area contributed by atoms with Crippen LogP contribution in [0.15, 0.2) is 30.7 Å². The zero-order chi connectivity index (χ0) is 14.3. The highest BCUT2D eigenvalue weighted by molar-refractivity contribution is 5.80. The number of nitrogens with two attached hydrogens (primary N) is 1. The minimum atomic E-state index is 0.368. The first-order chi connectivity index (χ1) is 9.61. The molecule has 0 bridgehead atoms. The number of anilines is 1. The molecule has 2 heterocycles. The topological polar surface area (TPSA) is 80.5 Å². The Morgan fingerprint density at radius 3 is 2.70 bits per heavy atom. The largest absolute Gasteiger partial charge is 0.395 e. The fourth-order valence-electron chi connectivity index (χ4n) is 2.18. The molecule has 0 aliphatic rings. The van der Waals surface area contributed by atoms with Crippen LogP contribution in [0, 0.1) is 25.2 Å². The van der Waals surface area contributed by atoms with E-state index in [1.54, 1.807) is 18.6 Å². The molecule has 0 saturated carbocycles. The summed E-state index contributed by atoms with van der Waals surface area (Å²) in [7, 11) is 0. The first-order valence-corrected chi connectivity index (χ1v) is 6.21. The second-order valence-corrected chi connectivity index (χ2v) is 4.75. The molecule has 3 rings (SSSR count). The molecule has 0 spiro atoms. The smallest absolute Gasteiger partial charge is 0.163 e. The van der Waals surface area contributed by atoms with Crippen molar-refractivity contribution in [1.29, 1.82) is 5.26 Å². The standard InChI is InChI=1S/C15H13N5/c1-9-5-12-13(6-10(9)2)20(8-19-12)15-14(17)11(7-16)3-4-18-15/h3-6,8H,17H2,1-2H3. The van der Waals surface area contributed by atoms with Crippen LogP contribution >= 0.6 is 0 Å². The van der Waals surface area contributed by atoms with Gasteiger partial charge in [0, 0.05) is 6.20 Å². The Kier molecular flexibility index (Phi) is 2.65. The van der Waals surface area contributed by atoms with Crippen LogP contribution in [-0.4, -0.2) is 14.5 Å². The molecule has 0 fully saturated rings. The van der Waals surface area contributed by atoms with Crippen LogP contribution in [-0.2, 0) is 0 Å². The van der Waals surface area contributed by atoms with Gasteiger partial charge in [0.25, 0.3) is 0 Å². The minimum Gasteiger partial charge on any atom is -0.395 e. The number of benzene rings is 1. The van der Waals surface area contributed by atoms with Crippen molar-refractivity contribution in [2.24, 2.45) is 0 Å². The van der Waals surface area contributed by atoms with E-state index >= 15 is 0 Å². The van der Waals surface area contributed by atoms with Crippen LogP contribution in [0.5, 0.6) is 0 Å². The summed E-state index contributed by atoms with van der Waals surface area (Å²) >= 11 is 0. The molecule has 20 heavy (non-hydrogen) atoms. The summed E-state index contributed by atoms with van der Waals surface area (Å²) in [5.74, 6) is 0.537. The number of aromatic nitrogens is 3. The molecule has 98 valence electrons. The molecule has 2 N–H and O–H groups in total. The van der Waals surface area contributed by atoms with Crippen LogP contribution in [0.3, 0.4) is 0 Å². The fourth-order valence-corrected chi connectivity index (χ4v) is 2.18. The third-order valence-electron chi connectivity index (χ3n) is 3.48. The van der Waals surface area contributed by atoms with Gasteiger partial charge in [0.1, 0.15) is 12.4 Å². The van der Waals surface area contributed by atoms with Crippen molar-refractivity contribution in [2.75, 3.05) is 5.73 Å². The number of fused-ring (bicyclic) bond motifs is 1. The maximum atomic E-state index is 9.05. The zero-order valence-corrected chi connectivity index (χ0v) is 11.3. The number of hydrogen-bond donors (Lipinski definition) is 1. The van der Waals surface area contributed by atoms with Gasteiger partial charge in [0.15, 0.2) is 5.82 Å². The second kappa shape index (κ2) is 4.35. The lowest BCUT2D eigenvalue weighted by Crippen LogP contribution is -2.03. The number of pyridine rings is 1. The predicted molar refractivity (Wildman–Crippen MR) is 77.5 cm³/mol. The molecule has 3 aromatic rings. The van der Waals surface area contributed by atoms with E-state index in [0.717, 1.165) is 11.0 Å². The van der Waals surface area contributed by atoms with E-state index in [4.69, 9.17) is 11.0 Å². The van der Waals surface area contributed by atoms with E-state index in [2.05, 4.69) is 36.0 Å². The Labute approximate surface area is 116 Å². The highest BCUT2D eigenvalue weighted by Crippen LogP contribution is 2.25. The normalized spacial score (nSPS) is 10.7. The van der Waals surface area contributed by atoms with Gasteiger partial charge in [0.05, 0.1) is 22.3 Å². The van der Waals surface area contributed by atoms with Crippen molar-refractivity contribution in [1.82, 2.24) is 14.5 Å². The Hall–Kier alpha value is -2.87. The van der Waals surface area contributed by atoms with E-state index in [-0.39, 0.29) is 0 Å². The van der Waals surface area contributed by atoms with Crippen LogP contribution < -0.4 is 5.73 Å². The average molecular weight is 263 g/mol. The fraction of sp³-hybridized carbons (Fsp3) is 0.133. The Morgan fingerprint density at radius 2 is 1.95 bits per heavy atom. The SMILES string of the molecule is Cc1cc2ncn(-c3nccc(C#N)c3N)c2cc1C. The summed E-state index contributed by atoms with van der Waals surface area (Å²) in [6.45, 7) is 4.10. The van der Waals surface area contributed by atoms with Gasteiger partial charge >= 0.3 is 0 Å². The summed E-state index contributed by atoms with van der Waals surface area (Å²) in [6.07, 6.45) is 3.26. The number of hydrogen-bond acceptors (Lipinski definition) is 4. The summed E-state index contributed by atoms with van der Waals surface area (Å²) in [4.78, 5) is 8.66. The highest BCUT2D eigenvalue weighted by atomic mass is 15.1. The Bertz CT molecular complexity index is 855. The van der Waals surface area contributed by atoms with E-state index in [1.165, 1.54) is 11.1 Å². The van der Waals surface area contributed by atoms with Crippen molar-refractivity contribution >= 4 is 16.7 Å². The summed E-state index contributed by atoms with van der Waals surface area (Å²) < 4.78 is 1.82. The van der Waals surface area contributed by atoms with Crippen molar-refractivity contribution in [3.8, 4) is 11.9 Å². The van der Waals surface area contributed by atoms with Crippen LogP contribution in [0.4, 0.5) is 5.69 Å². The quantitative estimate of drug-likeness (QED) is 0.731. The van der Waals surface area contributed by atoms with Crippen molar-refractivity contribution in [2.45, 2.75) is 13.8 Å². The third kappa shape index (κ3) is 1.70. The molecule has 2 aromatic heterocycles. The molecule has 0 atom stereocenters. The monoisotopic (exact) mass is 263 g/mol. The molecular formula is C15H13N5. The number of nitriles is 1. The maximum Gasteiger partial charge on any atom is 0.163 e. The molecular weight excluding hydrogens is 250 g/mol. The second-order valence-electron chi connectivity index (χ2n) is 4.75. The number of nitrogen functional groups attached to an aromatic ring is 1. The Balaban J connectivity index is 2.31. The number of imidazole rings is 1. The summed E-state index contributed by atoms with van der Waals surface area (Å²) in [6, 6.07) is 7.76. The first kappa shape index (κ1) is 12.2. The summed E-state index contributed by atoms with van der Waals surface area (Å²) in [5, 5.41) is 9.05. The number of rotatable bonds is 1. The maximum absolute atomic E-state index is 9.05. The summed E-state index contributed by atoms with van der Waals surface area (Å²) in [5.41, 5.74) is 11.0. The number of nitrogens with zero attached hydrogens (tertiary/aromatic N) is 4. The molecule has 0 unspecified atom stereocenters. The van der Waals surface area contributed by atoms with Crippen LogP contribution in [0.1, 0.15) is 16.7 Å². The molecule has 0 radical (unpaired) electrons.